The first-order valence-electron chi connectivity index (χ1n) is 8.79. The summed E-state index contributed by atoms with van der Waals surface area (Å²) in [4.78, 5) is 30.8. The molecule has 1 saturated heterocycles. The van der Waals surface area contributed by atoms with Gasteiger partial charge in [-0.05, 0) is 39.4 Å². The molecule has 0 aromatic heterocycles. The Labute approximate surface area is 168 Å². The van der Waals surface area contributed by atoms with E-state index in [0.717, 1.165) is 32.5 Å². The number of urea groups is 1. The standard InChI is InChI=1S/C16H32N6O2.HI/c1-5-21(6-2)10-7-8-13(3)20-15(17-4)18-9-11-22-14(23)12-19-16(22)24;/h13H,5-12H2,1-4H3,(H,19,24)(H2,17,18,20);1H. The molecule has 8 nitrogen and oxygen atoms in total. The van der Waals surface area contributed by atoms with Crippen LogP contribution in [0.15, 0.2) is 4.99 Å². The van der Waals surface area contributed by atoms with Gasteiger partial charge in [0.1, 0.15) is 0 Å². The van der Waals surface area contributed by atoms with E-state index in [9.17, 15) is 9.59 Å². The lowest BCUT2D eigenvalue weighted by Crippen LogP contribution is -2.46. The Morgan fingerprint density at radius 3 is 2.56 bits per heavy atom. The minimum absolute atomic E-state index is 0. The zero-order valence-electron chi connectivity index (χ0n) is 15.8. The lowest BCUT2D eigenvalue weighted by Gasteiger charge is -2.21. The van der Waals surface area contributed by atoms with Crippen LogP contribution in [0.5, 0.6) is 0 Å². The number of carbonyl (C=O) groups is 2. The summed E-state index contributed by atoms with van der Waals surface area (Å²) < 4.78 is 0. The van der Waals surface area contributed by atoms with E-state index in [-0.39, 0.29) is 42.5 Å². The van der Waals surface area contributed by atoms with Crippen LogP contribution < -0.4 is 16.0 Å². The monoisotopic (exact) mass is 468 g/mol. The SMILES string of the molecule is CCN(CC)CCCC(C)NC(=NC)NCCN1C(=O)CNC1=O.I. The van der Waals surface area contributed by atoms with Gasteiger partial charge in [-0.1, -0.05) is 13.8 Å². The maximum atomic E-state index is 11.5. The summed E-state index contributed by atoms with van der Waals surface area (Å²) in [6.45, 7) is 10.7. The van der Waals surface area contributed by atoms with Crippen LogP contribution in [0.25, 0.3) is 0 Å². The Kier molecular flexibility index (Phi) is 12.6. The van der Waals surface area contributed by atoms with Crippen LogP contribution in [-0.4, -0.2) is 80.1 Å². The van der Waals surface area contributed by atoms with Crippen molar-refractivity contribution in [3.63, 3.8) is 0 Å². The fourth-order valence-corrected chi connectivity index (χ4v) is 2.63. The maximum absolute atomic E-state index is 11.5. The molecule has 1 aliphatic heterocycles. The molecule has 1 heterocycles. The van der Waals surface area contributed by atoms with Crippen molar-refractivity contribution >= 4 is 41.9 Å². The van der Waals surface area contributed by atoms with Gasteiger partial charge in [0.05, 0.1) is 6.54 Å². The van der Waals surface area contributed by atoms with Gasteiger partial charge in [0.25, 0.3) is 0 Å². The molecule has 0 aromatic carbocycles. The fraction of sp³-hybridized carbons (Fsp3) is 0.812. The molecule has 0 bridgehead atoms. The second-order valence-corrected chi connectivity index (χ2v) is 5.92. The third-order valence-electron chi connectivity index (χ3n) is 4.18. The van der Waals surface area contributed by atoms with Crippen molar-refractivity contribution in [3.8, 4) is 0 Å². The van der Waals surface area contributed by atoms with E-state index in [1.807, 2.05) is 0 Å². The van der Waals surface area contributed by atoms with Crippen molar-refractivity contribution in [2.45, 2.75) is 39.7 Å². The number of halogens is 1. The predicted octanol–water partition coefficient (Wildman–Crippen LogP) is 0.832. The van der Waals surface area contributed by atoms with Crippen LogP contribution in [0.1, 0.15) is 33.6 Å². The Hall–Kier alpha value is -1.10. The first-order chi connectivity index (χ1) is 11.5. The van der Waals surface area contributed by atoms with Crippen LogP contribution in [0.2, 0.25) is 0 Å². The Morgan fingerprint density at radius 2 is 2.04 bits per heavy atom. The molecule has 25 heavy (non-hydrogen) atoms. The third kappa shape index (κ3) is 8.70. The maximum Gasteiger partial charge on any atom is 0.324 e. The van der Waals surface area contributed by atoms with E-state index in [1.54, 1.807) is 7.05 Å². The molecule has 0 aromatic rings. The Balaban J connectivity index is 0.00000576. The highest BCUT2D eigenvalue weighted by Gasteiger charge is 2.27. The average Bonchev–Trinajstić information content (AvgIpc) is 2.89. The van der Waals surface area contributed by atoms with Crippen molar-refractivity contribution < 1.29 is 9.59 Å². The molecule has 146 valence electrons. The lowest BCUT2D eigenvalue weighted by molar-refractivity contribution is -0.124. The summed E-state index contributed by atoms with van der Waals surface area (Å²) in [7, 11) is 1.71. The summed E-state index contributed by atoms with van der Waals surface area (Å²) in [5, 5.41) is 8.99. The van der Waals surface area contributed by atoms with Gasteiger partial charge in [-0.25, -0.2) is 4.79 Å². The van der Waals surface area contributed by atoms with Crippen molar-refractivity contribution in [3.05, 3.63) is 0 Å². The molecule has 0 aliphatic carbocycles. The summed E-state index contributed by atoms with van der Waals surface area (Å²) in [6, 6.07) is -0.0157. The molecule has 1 aliphatic rings. The van der Waals surface area contributed by atoms with Crippen molar-refractivity contribution in [1.29, 1.82) is 0 Å². The molecule has 1 atom stereocenters. The first-order valence-corrected chi connectivity index (χ1v) is 8.79. The first kappa shape index (κ1) is 23.9. The molecule has 0 radical (unpaired) electrons. The van der Waals surface area contributed by atoms with E-state index in [4.69, 9.17) is 0 Å². The number of nitrogens with zero attached hydrogens (tertiary/aromatic N) is 3. The molecule has 3 amide bonds. The van der Waals surface area contributed by atoms with Gasteiger partial charge in [0.15, 0.2) is 5.96 Å². The number of guanidine groups is 1. The van der Waals surface area contributed by atoms with Gasteiger partial charge in [-0.15, -0.1) is 24.0 Å². The normalized spacial score (nSPS) is 15.9. The van der Waals surface area contributed by atoms with Crippen molar-refractivity contribution in [1.82, 2.24) is 25.8 Å². The summed E-state index contributed by atoms with van der Waals surface area (Å²) in [6.07, 6.45) is 2.19. The number of nitrogens with one attached hydrogen (secondary N) is 3. The third-order valence-corrected chi connectivity index (χ3v) is 4.18. The second kappa shape index (κ2) is 13.2. The fourth-order valence-electron chi connectivity index (χ4n) is 2.63. The van der Waals surface area contributed by atoms with Crippen molar-refractivity contribution in [2.75, 3.05) is 46.3 Å². The topological polar surface area (TPSA) is 89.1 Å². The molecule has 0 spiro atoms. The summed E-state index contributed by atoms with van der Waals surface area (Å²) in [5.74, 6) is 0.506. The number of rotatable bonds is 10. The predicted molar refractivity (Wildman–Crippen MR) is 112 cm³/mol. The molecule has 1 fully saturated rings. The number of carbonyl (C=O) groups excluding carboxylic acids is 2. The zero-order chi connectivity index (χ0) is 17.9. The highest BCUT2D eigenvalue weighted by Crippen LogP contribution is 2.00. The minimum atomic E-state index is -0.325. The number of hydrogen-bond acceptors (Lipinski definition) is 4. The number of amides is 3. The summed E-state index contributed by atoms with van der Waals surface area (Å²) in [5.41, 5.74) is 0. The van der Waals surface area contributed by atoms with E-state index in [0.29, 0.717) is 25.1 Å². The average molecular weight is 468 g/mol. The van der Waals surface area contributed by atoms with E-state index < -0.39 is 0 Å². The van der Waals surface area contributed by atoms with Crippen LogP contribution >= 0.6 is 24.0 Å². The molecule has 1 unspecified atom stereocenters. The Bertz CT molecular complexity index is 426. The van der Waals surface area contributed by atoms with Gasteiger partial charge in [-0.3, -0.25) is 14.7 Å². The number of aliphatic imine (C=N–C) groups is 1. The van der Waals surface area contributed by atoms with Gasteiger partial charge in [-0.2, -0.15) is 0 Å². The second-order valence-electron chi connectivity index (χ2n) is 5.92. The molecule has 0 saturated carbocycles. The smallest absolute Gasteiger partial charge is 0.324 e. The molecular weight excluding hydrogens is 435 g/mol. The van der Waals surface area contributed by atoms with E-state index >= 15 is 0 Å². The quantitative estimate of drug-likeness (QED) is 0.191. The molecule has 3 N–H and O–H groups in total. The van der Waals surface area contributed by atoms with Crippen LogP contribution in [0, 0.1) is 0 Å². The zero-order valence-corrected chi connectivity index (χ0v) is 18.1. The van der Waals surface area contributed by atoms with Crippen molar-refractivity contribution in [2.24, 2.45) is 4.99 Å². The van der Waals surface area contributed by atoms with Crippen LogP contribution in [0.4, 0.5) is 4.79 Å². The number of hydrogen-bond donors (Lipinski definition) is 3. The lowest BCUT2D eigenvalue weighted by atomic mass is 10.2. The largest absolute Gasteiger partial charge is 0.355 e. The van der Waals surface area contributed by atoms with E-state index in [2.05, 4.69) is 46.6 Å². The molecule has 9 heteroatoms. The highest BCUT2D eigenvalue weighted by molar-refractivity contribution is 14.0. The molecule has 1 rings (SSSR count). The molecular formula is C16H33IN6O2. The van der Waals surface area contributed by atoms with Gasteiger partial charge >= 0.3 is 6.03 Å². The van der Waals surface area contributed by atoms with Crippen LogP contribution in [0.3, 0.4) is 0 Å². The van der Waals surface area contributed by atoms with E-state index in [1.165, 1.54) is 4.90 Å². The minimum Gasteiger partial charge on any atom is -0.355 e. The summed E-state index contributed by atoms with van der Waals surface area (Å²) >= 11 is 0. The highest BCUT2D eigenvalue weighted by atomic mass is 127. The van der Waals surface area contributed by atoms with Crippen LogP contribution in [-0.2, 0) is 4.79 Å². The van der Waals surface area contributed by atoms with Gasteiger partial charge < -0.3 is 20.9 Å². The van der Waals surface area contributed by atoms with Gasteiger partial charge in [0.2, 0.25) is 5.91 Å². The number of imide groups is 1. The van der Waals surface area contributed by atoms with Gasteiger partial charge in [0, 0.05) is 26.2 Å². The Morgan fingerprint density at radius 1 is 1.36 bits per heavy atom.